The maximum absolute atomic E-state index is 12.8. The molecule has 1 N–H and O–H groups in total. The Morgan fingerprint density at radius 3 is 2.89 bits per heavy atom. The summed E-state index contributed by atoms with van der Waals surface area (Å²) in [5, 5.41) is 22.8. The third kappa shape index (κ3) is 3.22. The quantitative estimate of drug-likeness (QED) is 0.768. The first-order chi connectivity index (χ1) is 13.0. The number of hydrogen-bond acceptors (Lipinski definition) is 6. The van der Waals surface area contributed by atoms with Crippen LogP contribution in [0.25, 0.3) is 11.3 Å². The van der Waals surface area contributed by atoms with E-state index in [-0.39, 0.29) is 17.9 Å². The first kappa shape index (κ1) is 17.0. The van der Waals surface area contributed by atoms with Crippen LogP contribution < -0.4 is 5.56 Å². The van der Waals surface area contributed by atoms with E-state index in [0.717, 1.165) is 36.9 Å². The van der Waals surface area contributed by atoms with Crippen LogP contribution in [-0.4, -0.2) is 19.8 Å². The van der Waals surface area contributed by atoms with E-state index in [9.17, 15) is 9.90 Å². The van der Waals surface area contributed by atoms with Gasteiger partial charge >= 0.3 is 0 Å². The highest BCUT2D eigenvalue weighted by Crippen LogP contribution is 2.26. The van der Waals surface area contributed by atoms with Gasteiger partial charge in [0.2, 0.25) is 0 Å². The van der Waals surface area contributed by atoms with Crippen LogP contribution in [0.4, 0.5) is 0 Å². The highest BCUT2D eigenvalue weighted by Gasteiger charge is 2.19. The number of benzene rings is 1. The average Bonchev–Trinajstić information content (AvgIpc) is 3.13. The van der Waals surface area contributed by atoms with Gasteiger partial charge in [-0.2, -0.15) is 5.26 Å². The maximum Gasteiger partial charge on any atom is 0.257 e. The highest BCUT2D eigenvalue weighted by atomic mass is 16.5. The molecule has 0 radical (unpaired) electrons. The number of aromatic hydroxyl groups is 1. The summed E-state index contributed by atoms with van der Waals surface area (Å²) in [6.45, 7) is 2.09. The average molecular weight is 362 g/mol. The van der Waals surface area contributed by atoms with Crippen LogP contribution in [0, 0.1) is 18.3 Å². The first-order valence-corrected chi connectivity index (χ1v) is 8.84. The summed E-state index contributed by atoms with van der Waals surface area (Å²) >= 11 is 0. The van der Waals surface area contributed by atoms with Crippen molar-refractivity contribution in [3.05, 3.63) is 63.0 Å². The molecule has 0 spiro atoms. The minimum absolute atomic E-state index is 0.00845. The van der Waals surface area contributed by atoms with Crippen LogP contribution in [-0.2, 0) is 19.4 Å². The van der Waals surface area contributed by atoms with Crippen molar-refractivity contribution in [2.45, 2.75) is 39.2 Å². The number of nitrogens with zero attached hydrogens (tertiary/aromatic N) is 4. The van der Waals surface area contributed by atoms with Gasteiger partial charge in [-0.1, -0.05) is 5.16 Å². The Hall–Kier alpha value is -3.40. The fraction of sp³-hybridized carbons (Fsp3) is 0.300. The molecule has 7 nitrogen and oxygen atoms in total. The lowest BCUT2D eigenvalue weighted by Crippen LogP contribution is -2.31. The smallest absolute Gasteiger partial charge is 0.257 e. The zero-order valence-corrected chi connectivity index (χ0v) is 14.9. The van der Waals surface area contributed by atoms with Crippen LogP contribution in [0.2, 0.25) is 0 Å². The summed E-state index contributed by atoms with van der Waals surface area (Å²) < 4.78 is 6.98. The van der Waals surface area contributed by atoms with E-state index in [1.807, 2.05) is 13.0 Å². The second kappa shape index (κ2) is 6.72. The molecule has 3 aromatic rings. The second-order valence-corrected chi connectivity index (χ2v) is 6.75. The van der Waals surface area contributed by atoms with Crippen LogP contribution in [0.1, 0.15) is 41.2 Å². The monoisotopic (exact) mass is 362 g/mol. The van der Waals surface area contributed by atoms with E-state index in [4.69, 9.17) is 9.78 Å². The third-order valence-electron chi connectivity index (χ3n) is 4.84. The SMILES string of the molecule is Cc1nc2c(c(=O)n1Cc1cc(-c3cc(O)cc(C#N)c3)on1)CCCC2. The van der Waals surface area contributed by atoms with E-state index in [1.165, 1.54) is 12.1 Å². The van der Waals surface area contributed by atoms with Gasteiger partial charge in [-0.15, -0.1) is 0 Å². The molecule has 136 valence electrons. The minimum Gasteiger partial charge on any atom is -0.508 e. The van der Waals surface area contributed by atoms with E-state index in [1.54, 1.807) is 16.7 Å². The van der Waals surface area contributed by atoms with Crippen molar-refractivity contribution in [1.29, 1.82) is 5.26 Å². The van der Waals surface area contributed by atoms with E-state index in [0.29, 0.717) is 28.4 Å². The molecule has 1 aliphatic carbocycles. The van der Waals surface area contributed by atoms with Crippen LogP contribution in [0.5, 0.6) is 5.75 Å². The van der Waals surface area contributed by atoms with Crippen molar-refractivity contribution in [3.8, 4) is 23.1 Å². The fourth-order valence-corrected chi connectivity index (χ4v) is 3.50. The van der Waals surface area contributed by atoms with Gasteiger partial charge in [0.15, 0.2) is 5.76 Å². The van der Waals surface area contributed by atoms with Crippen molar-refractivity contribution >= 4 is 0 Å². The highest BCUT2D eigenvalue weighted by molar-refractivity contribution is 5.62. The molecule has 1 aliphatic rings. The molecule has 0 amide bonds. The normalized spacial score (nSPS) is 13.2. The van der Waals surface area contributed by atoms with Gasteiger partial charge in [0, 0.05) is 17.2 Å². The van der Waals surface area contributed by atoms with Crippen molar-refractivity contribution in [1.82, 2.24) is 14.7 Å². The van der Waals surface area contributed by atoms with Gasteiger partial charge < -0.3 is 9.63 Å². The lowest BCUT2D eigenvalue weighted by atomic mass is 9.97. The molecule has 0 saturated heterocycles. The molecular formula is C20H18N4O3. The molecule has 0 unspecified atom stereocenters. The minimum atomic E-state index is -0.0204. The lowest BCUT2D eigenvalue weighted by molar-refractivity contribution is 0.419. The van der Waals surface area contributed by atoms with Crippen LogP contribution in [0.3, 0.4) is 0 Å². The summed E-state index contributed by atoms with van der Waals surface area (Å²) in [6.07, 6.45) is 3.72. The molecule has 2 heterocycles. The predicted molar refractivity (Wildman–Crippen MR) is 97.3 cm³/mol. The topological polar surface area (TPSA) is 105 Å². The zero-order valence-electron chi connectivity index (χ0n) is 14.9. The molecule has 0 fully saturated rings. The van der Waals surface area contributed by atoms with Gasteiger partial charge in [-0.05, 0) is 50.8 Å². The summed E-state index contributed by atoms with van der Waals surface area (Å²) in [5.41, 5.74) is 3.18. The predicted octanol–water partition coefficient (Wildman–Crippen LogP) is 2.71. The number of phenols is 1. The number of rotatable bonds is 3. The molecule has 0 aliphatic heterocycles. The Bertz CT molecular complexity index is 1120. The Balaban J connectivity index is 1.67. The molecule has 4 rings (SSSR count). The van der Waals surface area contributed by atoms with Crippen molar-refractivity contribution < 1.29 is 9.63 Å². The lowest BCUT2D eigenvalue weighted by Gasteiger charge is -2.17. The summed E-state index contributed by atoms with van der Waals surface area (Å²) in [4.78, 5) is 17.4. The summed E-state index contributed by atoms with van der Waals surface area (Å²) in [6, 6.07) is 8.20. The molecule has 0 atom stereocenters. The van der Waals surface area contributed by atoms with Crippen LogP contribution >= 0.6 is 0 Å². The van der Waals surface area contributed by atoms with Crippen LogP contribution in [0.15, 0.2) is 33.6 Å². The third-order valence-corrected chi connectivity index (χ3v) is 4.84. The Morgan fingerprint density at radius 2 is 2.07 bits per heavy atom. The van der Waals surface area contributed by atoms with Crippen molar-refractivity contribution in [2.24, 2.45) is 0 Å². The first-order valence-electron chi connectivity index (χ1n) is 8.84. The van der Waals surface area contributed by atoms with E-state index >= 15 is 0 Å². The van der Waals surface area contributed by atoms with Gasteiger partial charge in [-0.25, -0.2) is 4.98 Å². The van der Waals surface area contributed by atoms with Gasteiger partial charge in [0.1, 0.15) is 17.3 Å². The summed E-state index contributed by atoms with van der Waals surface area (Å²) in [5.74, 6) is 1.07. The zero-order chi connectivity index (χ0) is 19.0. The Kier molecular flexibility index (Phi) is 4.24. The molecule has 7 heteroatoms. The molecule has 0 bridgehead atoms. The molecule has 0 saturated carbocycles. The van der Waals surface area contributed by atoms with Gasteiger partial charge in [-0.3, -0.25) is 9.36 Å². The largest absolute Gasteiger partial charge is 0.508 e. The maximum atomic E-state index is 12.8. The van der Waals surface area contributed by atoms with Crippen molar-refractivity contribution in [2.75, 3.05) is 0 Å². The number of aromatic nitrogens is 3. The standard InChI is InChI=1S/C20H18N4O3/c1-12-22-18-5-3-2-4-17(18)20(26)24(12)11-15-9-19(27-23-15)14-6-13(10-21)7-16(25)8-14/h6-9,25H,2-5,11H2,1H3. The Morgan fingerprint density at radius 1 is 1.26 bits per heavy atom. The number of nitriles is 1. The second-order valence-electron chi connectivity index (χ2n) is 6.75. The van der Waals surface area contributed by atoms with Crippen molar-refractivity contribution in [3.63, 3.8) is 0 Å². The molecule has 27 heavy (non-hydrogen) atoms. The molecule has 1 aromatic carbocycles. The number of phenolic OH excluding ortho intramolecular Hbond substituents is 1. The van der Waals surface area contributed by atoms with Gasteiger partial charge in [0.25, 0.3) is 5.56 Å². The fourth-order valence-electron chi connectivity index (χ4n) is 3.50. The number of hydrogen-bond donors (Lipinski definition) is 1. The molecule has 2 aromatic heterocycles. The van der Waals surface area contributed by atoms with Gasteiger partial charge in [0.05, 0.1) is 23.9 Å². The number of fused-ring (bicyclic) bond motifs is 1. The number of aryl methyl sites for hydroxylation is 2. The van der Waals surface area contributed by atoms with E-state index < -0.39 is 0 Å². The van der Waals surface area contributed by atoms with E-state index in [2.05, 4.69) is 10.1 Å². The summed E-state index contributed by atoms with van der Waals surface area (Å²) in [7, 11) is 0. The molecular weight excluding hydrogens is 344 g/mol. The Labute approximate surface area is 155 Å².